The summed E-state index contributed by atoms with van der Waals surface area (Å²) in [6.07, 6.45) is 1.72. The quantitative estimate of drug-likeness (QED) is 0.228. The fourth-order valence-electron chi connectivity index (χ4n) is 2.97. The zero-order valence-electron chi connectivity index (χ0n) is 15.2. The first-order valence-corrected chi connectivity index (χ1v) is 9.85. The fraction of sp³-hybridized carbons (Fsp3) is 0.0455. The van der Waals surface area contributed by atoms with E-state index in [4.69, 9.17) is 0 Å². The van der Waals surface area contributed by atoms with Crippen LogP contribution in [0, 0.1) is 15.9 Å². The Balaban J connectivity index is 1.73. The maximum Gasteiger partial charge on any atom is 0.270 e. The highest BCUT2D eigenvalue weighted by Crippen LogP contribution is 2.32. The number of aromatic nitrogens is 2. The van der Waals surface area contributed by atoms with Crippen molar-refractivity contribution in [1.82, 2.24) is 9.55 Å². The molecule has 3 aromatic carbocycles. The second-order valence-corrected chi connectivity index (χ2v) is 7.26. The third-order valence-corrected chi connectivity index (χ3v) is 5.40. The second-order valence-electron chi connectivity index (χ2n) is 6.32. The highest BCUT2D eigenvalue weighted by Gasteiger charge is 2.16. The Morgan fingerprint density at radius 2 is 1.76 bits per heavy atom. The molecule has 0 aliphatic rings. The Kier molecular flexibility index (Phi) is 5.39. The lowest BCUT2D eigenvalue weighted by Gasteiger charge is -2.12. The third kappa shape index (κ3) is 4.20. The van der Waals surface area contributed by atoms with Crippen molar-refractivity contribution < 1.29 is 9.31 Å². The summed E-state index contributed by atoms with van der Waals surface area (Å²) >= 11 is 1.52. The van der Waals surface area contributed by atoms with E-state index in [0.717, 1.165) is 22.1 Å². The number of thioether (sulfide) groups is 1. The van der Waals surface area contributed by atoms with E-state index in [1.54, 1.807) is 30.5 Å². The van der Waals surface area contributed by atoms with Crippen LogP contribution in [0.15, 0.2) is 90.2 Å². The number of imidazole rings is 1. The van der Waals surface area contributed by atoms with E-state index in [1.807, 2.05) is 41.0 Å². The van der Waals surface area contributed by atoms with E-state index in [9.17, 15) is 14.5 Å². The number of hydrogen-bond donors (Lipinski definition) is 0. The number of halogens is 1. The van der Waals surface area contributed by atoms with Crippen molar-refractivity contribution in [1.29, 1.82) is 0 Å². The molecule has 0 amide bonds. The summed E-state index contributed by atoms with van der Waals surface area (Å²) < 4.78 is 15.1. The molecular formula is C22H16FN3O2S. The van der Waals surface area contributed by atoms with Crippen molar-refractivity contribution in [3.05, 3.63) is 107 Å². The molecule has 0 bridgehead atoms. The highest BCUT2D eigenvalue weighted by molar-refractivity contribution is 7.98. The average Bonchev–Trinajstić information content (AvgIpc) is 3.18. The first-order chi connectivity index (χ1) is 14.1. The van der Waals surface area contributed by atoms with Crippen molar-refractivity contribution >= 4 is 17.4 Å². The number of nitro benzene ring substituents is 1. The van der Waals surface area contributed by atoms with Crippen LogP contribution < -0.4 is 0 Å². The molecule has 0 N–H and O–H groups in total. The molecule has 4 aromatic rings. The summed E-state index contributed by atoms with van der Waals surface area (Å²) in [7, 11) is 0. The normalized spacial score (nSPS) is 10.8. The SMILES string of the molecule is O=[N+]([O-])c1cccc(-c2cnc(SCc3ccc(F)cc3)n2-c2ccccc2)c1. The monoisotopic (exact) mass is 405 g/mol. The third-order valence-electron chi connectivity index (χ3n) is 4.38. The zero-order chi connectivity index (χ0) is 20.2. The number of hydrogen-bond acceptors (Lipinski definition) is 4. The smallest absolute Gasteiger partial charge is 0.270 e. The van der Waals surface area contributed by atoms with Crippen molar-refractivity contribution in [3.8, 4) is 16.9 Å². The van der Waals surface area contributed by atoms with Gasteiger partial charge in [-0.25, -0.2) is 9.37 Å². The zero-order valence-corrected chi connectivity index (χ0v) is 16.1. The predicted molar refractivity (Wildman–Crippen MR) is 112 cm³/mol. The summed E-state index contributed by atoms with van der Waals surface area (Å²) in [6, 6.07) is 22.6. The first-order valence-electron chi connectivity index (χ1n) is 8.87. The Hall–Kier alpha value is -3.45. The molecule has 144 valence electrons. The largest absolute Gasteiger partial charge is 0.287 e. The van der Waals surface area contributed by atoms with Gasteiger partial charge in [0.1, 0.15) is 5.82 Å². The minimum Gasteiger partial charge on any atom is -0.287 e. The van der Waals surface area contributed by atoms with Crippen LogP contribution in [0.3, 0.4) is 0 Å². The molecular weight excluding hydrogens is 389 g/mol. The Labute approximate surface area is 171 Å². The molecule has 0 saturated heterocycles. The molecule has 0 saturated carbocycles. The van der Waals surface area contributed by atoms with Crippen LogP contribution in [-0.2, 0) is 5.75 Å². The minimum atomic E-state index is -0.406. The maximum absolute atomic E-state index is 13.1. The lowest BCUT2D eigenvalue weighted by molar-refractivity contribution is -0.384. The first kappa shape index (κ1) is 18.9. The average molecular weight is 405 g/mol. The Bertz CT molecular complexity index is 1140. The highest BCUT2D eigenvalue weighted by atomic mass is 32.2. The molecule has 0 fully saturated rings. The van der Waals surface area contributed by atoms with Crippen LogP contribution in [0.1, 0.15) is 5.56 Å². The van der Waals surface area contributed by atoms with E-state index >= 15 is 0 Å². The minimum absolute atomic E-state index is 0.0313. The van der Waals surface area contributed by atoms with Gasteiger partial charge in [0.05, 0.1) is 16.8 Å². The van der Waals surface area contributed by atoms with Gasteiger partial charge in [-0.3, -0.25) is 14.7 Å². The van der Waals surface area contributed by atoms with Crippen LogP contribution in [0.4, 0.5) is 10.1 Å². The number of nitro groups is 1. The molecule has 0 aliphatic carbocycles. The van der Waals surface area contributed by atoms with E-state index in [1.165, 1.54) is 30.0 Å². The predicted octanol–water partition coefficient (Wildman–Crippen LogP) is 5.88. The van der Waals surface area contributed by atoms with Gasteiger partial charge in [-0.1, -0.05) is 54.2 Å². The topological polar surface area (TPSA) is 61.0 Å². The van der Waals surface area contributed by atoms with Gasteiger partial charge in [0.2, 0.25) is 0 Å². The van der Waals surface area contributed by atoms with Crippen LogP contribution in [0.2, 0.25) is 0 Å². The van der Waals surface area contributed by atoms with Crippen LogP contribution in [0.5, 0.6) is 0 Å². The van der Waals surface area contributed by atoms with Gasteiger partial charge in [0.15, 0.2) is 5.16 Å². The Morgan fingerprint density at radius 1 is 1.00 bits per heavy atom. The van der Waals surface area contributed by atoms with E-state index in [0.29, 0.717) is 11.3 Å². The molecule has 0 radical (unpaired) electrons. The van der Waals surface area contributed by atoms with Crippen LogP contribution in [-0.4, -0.2) is 14.5 Å². The van der Waals surface area contributed by atoms with E-state index < -0.39 is 4.92 Å². The summed E-state index contributed by atoms with van der Waals surface area (Å²) in [5.41, 5.74) is 3.40. The fourth-order valence-corrected chi connectivity index (χ4v) is 3.92. The lowest BCUT2D eigenvalue weighted by Crippen LogP contribution is -1.99. The van der Waals surface area contributed by atoms with Gasteiger partial charge < -0.3 is 0 Å². The van der Waals surface area contributed by atoms with Gasteiger partial charge in [-0.05, 0) is 29.8 Å². The van der Waals surface area contributed by atoms with Gasteiger partial charge in [-0.2, -0.15) is 0 Å². The van der Waals surface area contributed by atoms with Crippen molar-refractivity contribution in [2.45, 2.75) is 10.9 Å². The number of benzene rings is 3. The molecule has 0 aliphatic heterocycles. The molecule has 0 unspecified atom stereocenters. The molecule has 0 spiro atoms. The van der Waals surface area contributed by atoms with Gasteiger partial charge in [0.25, 0.3) is 5.69 Å². The molecule has 7 heteroatoms. The van der Waals surface area contributed by atoms with E-state index in [-0.39, 0.29) is 11.5 Å². The summed E-state index contributed by atoms with van der Waals surface area (Å²) in [5, 5.41) is 11.9. The number of para-hydroxylation sites is 1. The van der Waals surface area contributed by atoms with Crippen LogP contribution in [0.25, 0.3) is 16.9 Å². The second kappa shape index (κ2) is 8.28. The van der Waals surface area contributed by atoms with Gasteiger partial charge >= 0.3 is 0 Å². The number of nitrogens with zero attached hydrogens (tertiary/aromatic N) is 3. The van der Waals surface area contributed by atoms with Gasteiger partial charge in [0, 0.05) is 29.1 Å². The number of non-ortho nitro benzene ring substituents is 1. The molecule has 1 aromatic heterocycles. The van der Waals surface area contributed by atoms with E-state index in [2.05, 4.69) is 4.98 Å². The molecule has 5 nitrogen and oxygen atoms in total. The summed E-state index contributed by atoms with van der Waals surface area (Å²) in [4.78, 5) is 15.3. The Morgan fingerprint density at radius 3 is 2.48 bits per heavy atom. The lowest BCUT2D eigenvalue weighted by atomic mass is 10.1. The van der Waals surface area contributed by atoms with Crippen molar-refractivity contribution in [3.63, 3.8) is 0 Å². The summed E-state index contributed by atoms with van der Waals surface area (Å²) in [6.45, 7) is 0. The van der Waals surface area contributed by atoms with Crippen LogP contribution >= 0.6 is 11.8 Å². The number of rotatable bonds is 6. The molecule has 0 atom stereocenters. The molecule has 29 heavy (non-hydrogen) atoms. The van der Waals surface area contributed by atoms with Crippen molar-refractivity contribution in [2.75, 3.05) is 0 Å². The maximum atomic E-state index is 13.1. The molecule has 4 rings (SSSR count). The standard InChI is InChI=1S/C22H16FN3O2S/c23-18-11-9-16(10-12-18)15-29-22-24-14-21(25(22)19-6-2-1-3-7-19)17-5-4-8-20(13-17)26(27)28/h1-14H,15H2. The molecule has 1 heterocycles. The summed E-state index contributed by atoms with van der Waals surface area (Å²) in [5.74, 6) is 0.357. The van der Waals surface area contributed by atoms with Crippen molar-refractivity contribution in [2.24, 2.45) is 0 Å². The van der Waals surface area contributed by atoms with Gasteiger partial charge in [-0.15, -0.1) is 0 Å².